The summed E-state index contributed by atoms with van der Waals surface area (Å²) in [4.78, 5) is 22.4. The van der Waals surface area contributed by atoms with E-state index in [1.54, 1.807) is 18.2 Å². The first kappa shape index (κ1) is 15.2. The second-order valence-electron chi connectivity index (χ2n) is 3.92. The molecule has 0 heterocycles. The first-order valence-corrected chi connectivity index (χ1v) is 5.53. The molecule has 0 aromatic rings. The third-order valence-corrected chi connectivity index (χ3v) is 1.89. The smallest absolute Gasteiger partial charge is 0.313 e. The molecule has 0 aromatic heterocycles. The van der Waals surface area contributed by atoms with E-state index in [9.17, 15) is 9.59 Å². The van der Waals surface area contributed by atoms with Crippen molar-refractivity contribution in [3.8, 4) is 0 Å². The SMILES string of the molecule is C=C/C=C(\C=C/CC(C)C)NC(=O)C(=O)NC. The summed E-state index contributed by atoms with van der Waals surface area (Å²) >= 11 is 0. The Hall–Kier alpha value is -1.84. The number of amides is 2. The summed E-state index contributed by atoms with van der Waals surface area (Å²) in [5, 5.41) is 4.75. The molecule has 0 unspecified atom stereocenters. The Kier molecular flexibility index (Phi) is 7.43. The lowest BCUT2D eigenvalue weighted by atomic mass is 10.1. The highest BCUT2D eigenvalue weighted by Crippen LogP contribution is 2.02. The fourth-order valence-electron chi connectivity index (χ4n) is 1.03. The predicted octanol–water partition coefficient (Wildman–Crippen LogP) is 1.52. The van der Waals surface area contributed by atoms with Crippen LogP contribution in [0.4, 0.5) is 0 Å². The first-order valence-electron chi connectivity index (χ1n) is 5.53. The summed E-state index contributed by atoms with van der Waals surface area (Å²) in [6, 6.07) is 0. The Morgan fingerprint density at radius 1 is 1.29 bits per heavy atom. The van der Waals surface area contributed by atoms with Crippen molar-refractivity contribution in [3.63, 3.8) is 0 Å². The molecule has 4 heteroatoms. The molecule has 0 aromatic carbocycles. The Morgan fingerprint density at radius 3 is 2.41 bits per heavy atom. The van der Waals surface area contributed by atoms with Gasteiger partial charge in [-0.15, -0.1) is 0 Å². The molecule has 0 rings (SSSR count). The van der Waals surface area contributed by atoms with Crippen LogP contribution in [0.15, 0.2) is 36.6 Å². The highest BCUT2D eigenvalue weighted by atomic mass is 16.2. The molecule has 2 N–H and O–H groups in total. The van der Waals surface area contributed by atoms with Crippen LogP contribution in [0.25, 0.3) is 0 Å². The lowest BCUT2D eigenvalue weighted by Gasteiger charge is -2.04. The van der Waals surface area contributed by atoms with Crippen LogP contribution >= 0.6 is 0 Å². The zero-order valence-corrected chi connectivity index (χ0v) is 10.6. The molecule has 0 aliphatic carbocycles. The molecule has 4 nitrogen and oxygen atoms in total. The van der Waals surface area contributed by atoms with E-state index < -0.39 is 11.8 Å². The number of carbonyl (C=O) groups excluding carboxylic acids is 2. The lowest BCUT2D eigenvalue weighted by Crippen LogP contribution is -2.37. The molecule has 0 fully saturated rings. The normalized spacial score (nSPS) is 11.6. The van der Waals surface area contributed by atoms with Crippen LogP contribution in [0.1, 0.15) is 20.3 Å². The average molecular weight is 236 g/mol. The largest absolute Gasteiger partial charge is 0.351 e. The van der Waals surface area contributed by atoms with Gasteiger partial charge in [0, 0.05) is 12.7 Å². The third kappa shape index (κ3) is 7.11. The van der Waals surface area contributed by atoms with Crippen LogP contribution in [0.5, 0.6) is 0 Å². The van der Waals surface area contributed by atoms with Gasteiger partial charge in [-0.1, -0.05) is 32.6 Å². The number of carbonyl (C=O) groups is 2. The van der Waals surface area contributed by atoms with Gasteiger partial charge in [0.05, 0.1) is 0 Å². The summed E-state index contributed by atoms with van der Waals surface area (Å²) in [5.74, 6) is -0.808. The standard InChI is InChI=1S/C13H20N2O2/c1-5-7-11(9-6-8-10(2)3)15-13(17)12(16)14-4/h5-7,9-10H,1,8H2,2-4H3,(H,14,16)(H,15,17)/b9-6-,11-7+. The van der Waals surface area contributed by atoms with Crippen molar-refractivity contribution in [2.45, 2.75) is 20.3 Å². The minimum atomic E-state index is -0.685. The third-order valence-electron chi connectivity index (χ3n) is 1.89. The Balaban J connectivity index is 4.51. The van der Waals surface area contributed by atoms with Gasteiger partial charge in [0.15, 0.2) is 0 Å². The van der Waals surface area contributed by atoms with Crippen molar-refractivity contribution in [3.05, 3.63) is 36.6 Å². The zero-order chi connectivity index (χ0) is 13.3. The van der Waals surface area contributed by atoms with Crippen LogP contribution in [0.3, 0.4) is 0 Å². The lowest BCUT2D eigenvalue weighted by molar-refractivity contribution is -0.138. The molecular weight excluding hydrogens is 216 g/mol. The maximum absolute atomic E-state index is 11.3. The van der Waals surface area contributed by atoms with Gasteiger partial charge in [-0.05, 0) is 24.5 Å². The summed E-state index contributed by atoms with van der Waals surface area (Å²) < 4.78 is 0. The molecule has 0 bridgehead atoms. The molecule has 0 saturated heterocycles. The Morgan fingerprint density at radius 2 is 1.94 bits per heavy atom. The monoisotopic (exact) mass is 236 g/mol. The number of allylic oxidation sites excluding steroid dienone is 4. The number of nitrogens with one attached hydrogen (secondary N) is 2. The summed E-state index contributed by atoms with van der Waals surface area (Å²) in [5.41, 5.74) is 0.550. The second kappa shape index (κ2) is 8.33. The molecule has 0 atom stereocenters. The summed E-state index contributed by atoms with van der Waals surface area (Å²) in [7, 11) is 1.41. The predicted molar refractivity (Wildman–Crippen MR) is 69.1 cm³/mol. The van der Waals surface area contributed by atoms with E-state index in [2.05, 4.69) is 31.1 Å². The topological polar surface area (TPSA) is 58.2 Å². The molecule has 0 aliphatic rings. The van der Waals surface area contributed by atoms with Crippen LogP contribution in [-0.2, 0) is 9.59 Å². The van der Waals surface area contributed by atoms with Gasteiger partial charge in [0.1, 0.15) is 0 Å². The highest BCUT2D eigenvalue weighted by molar-refractivity contribution is 6.35. The van der Waals surface area contributed by atoms with Crippen molar-refractivity contribution in [2.75, 3.05) is 7.05 Å². The van der Waals surface area contributed by atoms with E-state index in [4.69, 9.17) is 0 Å². The highest BCUT2D eigenvalue weighted by Gasteiger charge is 2.10. The van der Waals surface area contributed by atoms with Gasteiger partial charge >= 0.3 is 11.8 Å². The molecule has 17 heavy (non-hydrogen) atoms. The van der Waals surface area contributed by atoms with Gasteiger partial charge in [-0.2, -0.15) is 0 Å². The van der Waals surface area contributed by atoms with Gasteiger partial charge in [0.2, 0.25) is 0 Å². The number of hydrogen-bond donors (Lipinski definition) is 2. The second-order valence-corrected chi connectivity index (χ2v) is 3.92. The fourth-order valence-corrected chi connectivity index (χ4v) is 1.03. The zero-order valence-electron chi connectivity index (χ0n) is 10.6. The van der Waals surface area contributed by atoms with E-state index in [0.29, 0.717) is 11.6 Å². The molecule has 0 saturated carbocycles. The van der Waals surface area contributed by atoms with Gasteiger partial charge in [0.25, 0.3) is 0 Å². The maximum Gasteiger partial charge on any atom is 0.313 e. The average Bonchev–Trinajstić information content (AvgIpc) is 2.27. The first-order chi connectivity index (χ1) is 8.01. The van der Waals surface area contributed by atoms with Crippen molar-refractivity contribution in [1.29, 1.82) is 0 Å². The molecule has 2 amide bonds. The van der Waals surface area contributed by atoms with E-state index in [1.165, 1.54) is 7.05 Å². The summed E-state index contributed by atoms with van der Waals surface area (Å²) in [6.45, 7) is 7.76. The van der Waals surface area contributed by atoms with Crippen molar-refractivity contribution in [2.24, 2.45) is 5.92 Å². The Bertz CT molecular complexity index is 341. The van der Waals surface area contributed by atoms with Crippen LogP contribution < -0.4 is 10.6 Å². The molecular formula is C13H20N2O2. The number of hydrogen-bond acceptors (Lipinski definition) is 2. The van der Waals surface area contributed by atoms with E-state index in [1.807, 2.05) is 6.08 Å². The van der Waals surface area contributed by atoms with Crippen LogP contribution in [0.2, 0.25) is 0 Å². The van der Waals surface area contributed by atoms with E-state index in [0.717, 1.165) is 6.42 Å². The van der Waals surface area contributed by atoms with Crippen LogP contribution in [-0.4, -0.2) is 18.9 Å². The molecule has 0 spiro atoms. The summed E-state index contributed by atoms with van der Waals surface area (Å²) in [6.07, 6.45) is 7.81. The van der Waals surface area contributed by atoms with Gasteiger partial charge < -0.3 is 10.6 Å². The maximum atomic E-state index is 11.3. The number of rotatable bonds is 5. The van der Waals surface area contributed by atoms with Crippen molar-refractivity contribution < 1.29 is 9.59 Å². The Labute approximate surface area is 102 Å². The van der Waals surface area contributed by atoms with Gasteiger partial charge in [-0.25, -0.2) is 0 Å². The molecule has 0 aliphatic heterocycles. The van der Waals surface area contributed by atoms with Crippen LogP contribution in [0, 0.1) is 5.92 Å². The molecule has 0 radical (unpaired) electrons. The minimum Gasteiger partial charge on any atom is -0.351 e. The van der Waals surface area contributed by atoms with Crippen molar-refractivity contribution in [1.82, 2.24) is 10.6 Å². The quantitative estimate of drug-likeness (QED) is 0.561. The van der Waals surface area contributed by atoms with Crippen molar-refractivity contribution >= 4 is 11.8 Å². The van der Waals surface area contributed by atoms with Gasteiger partial charge in [-0.3, -0.25) is 9.59 Å². The van der Waals surface area contributed by atoms with E-state index >= 15 is 0 Å². The van der Waals surface area contributed by atoms with E-state index in [-0.39, 0.29) is 0 Å². The fraction of sp³-hybridized carbons (Fsp3) is 0.385. The number of likely N-dealkylation sites (N-methyl/N-ethyl adjacent to an activating group) is 1. The molecule has 94 valence electrons. The minimum absolute atomic E-state index is 0.547.